The lowest BCUT2D eigenvalue weighted by Gasteiger charge is -2.10. The highest BCUT2D eigenvalue weighted by Gasteiger charge is 2.08. The number of methoxy groups -OCH3 is 1. The lowest BCUT2D eigenvalue weighted by Crippen LogP contribution is -2.13. The van der Waals surface area contributed by atoms with Crippen LogP contribution in [-0.2, 0) is 0 Å². The predicted octanol–water partition coefficient (Wildman–Crippen LogP) is 2.93. The summed E-state index contributed by atoms with van der Waals surface area (Å²) in [5.41, 5.74) is 5.23. The second-order valence-electron chi connectivity index (χ2n) is 3.04. The van der Waals surface area contributed by atoms with E-state index in [-0.39, 0.29) is 5.84 Å². The van der Waals surface area contributed by atoms with Crippen molar-refractivity contribution in [1.29, 1.82) is 5.41 Å². The molecule has 6 heteroatoms. The molecule has 0 aliphatic rings. The molecule has 1 rings (SSSR count). The van der Waals surface area contributed by atoms with Crippen LogP contribution in [0.4, 0.5) is 0 Å². The smallest absolute Gasteiger partial charge is 0.134 e. The third-order valence-electron chi connectivity index (χ3n) is 1.84. The predicted molar refractivity (Wildman–Crippen MR) is 70.4 cm³/mol. The molecule has 1 aromatic carbocycles. The van der Waals surface area contributed by atoms with Gasteiger partial charge >= 0.3 is 0 Å². The van der Waals surface area contributed by atoms with Crippen molar-refractivity contribution in [2.24, 2.45) is 5.73 Å². The summed E-state index contributed by atoms with van der Waals surface area (Å²) in [6, 6.07) is 3.62. The molecule has 0 aliphatic heterocycles. The molecule has 0 amide bonds. The Bertz CT molecular complexity index is 397. The standard InChI is InChI=1S/C10H12Br2N2O2/c1-15-8-4-7(12)9(5-6(8)11)16-3-2-10(13)14/h4-5H,2-3H2,1H3,(H3,13,14). The van der Waals surface area contributed by atoms with Crippen LogP contribution in [0.25, 0.3) is 0 Å². The van der Waals surface area contributed by atoms with Crippen molar-refractivity contribution in [2.75, 3.05) is 13.7 Å². The summed E-state index contributed by atoms with van der Waals surface area (Å²) < 4.78 is 12.2. The molecule has 0 spiro atoms. The summed E-state index contributed by atoms with van der Waals surface area (Å²) in [6.45, 7) is 0.382. The molecular weight excluding hydrogens is 340 g/mol. The Labute approximate surface area is 111 Å². The zero-order valence-electron chi connectivity index (χ0n) is 8.72. The Kier molecular flexibility index (Phi) is 5.08. The van der Waals surface area contributed by atoms with Crippen molar-refractivity contribution in [1.82, 2.24) is 0 Å². The third-order valence-corrected chi connectivity index (χ3v) is 3.07. The highest BCUT2D eigenvalue weighted by Crippen LogP contribution is 2.35. The number of hydrogen-bond acceptors (Lipinski definition) is 3. The Hall–Kier alpha value is -0.750. The number of hydrogen-bond donors (Lipinski definition) is 2. The van der Waals surface area contributed by atoms with Gasteiger partial charge in [0.2, 0.25) is 0 Å². The first-order chi connectivity index (χ1) is 7.54. The van der Waals surface area contributed by atoms with Crippen molar-refractivity contribution in [3.8, 4) is 11.5 Å². The summed E-state index contributed by atoms with van der Waals surface area (Å²) in [5, 5.41) is 7.08. The van der Waals surface area contributed by atoms with Crippen LogP contribution in [0.2, 0.25) is 0 Å². The van der Waals surface area contributed by atoms with Crippen LogP contribution in [0.15, 0.2) is 21.1 Å². The van der Waals surface area contributed by atoms with E-state index >= 15 is 0 Å². The van der Waals surface area contributed by atoms with E-state index < -0.39 is 0 Å². The summed E-state index contributed by atoms with van der Waals surface area (Å²) >= 11 is 6.75. The number of benzene rings is 1. The minimum absolute atomic E-state index is 0.115. The summed E-state index contributed by atoms with van der Waals surface area (Å²) in [7, 11) is 1.60. The first-order valence-corrected chi connectivity index (χ1v) is 6.12. The topological polar surface area (TPSA) is 68.3 Å². The Morgan fingerprint density at radius 1 is 1.31 bits per heavy atom. The van der Waals surface area contributed by atoms with Crippen molar-refractivity contribution < 1.29 is 9.47 Å². The molecule has 0 fully saturated rings. The van der Waals surface area contributed by atoms with E-state index in [0.717, 1.165) is 14.7 Å². The van der Waals surface area contributed by atoms with Gasteiger partial charge in [0.25, 0.3) is 0 Å². The minimum atomic E-state index is 0.115. The fourth-order valence-corrected chi connectivity index (χ4v) is 1.97. The average molecular weight is 352 g/mol. The lowest BCUT2D eigenvalue weighted by atomic mass is 10.3. The van der Waals surface area contributed by atoms with Gasteiger partial charge in [0, 0.05) is 6.42 Å². The van der Waals surface area contributed by atoms with Gasteiger partial charge in [-0.3, -0.25) is 5.41 Å². The molecule has 0 aliphatic carbocycles. The second kappa shape index (κ2) is 6.10. The molecular formula is C10H12Br2N2O2. The SMILES string of the molecule is COc1cc(Br)c(OCCC(=N)N)cc1Br. The van der Waals surface area contributed by atoms with Gasteiger partial charge in [-0.15, -0.1) is 0 Å². The molecule has 4 nitrogen and oxygen atoms in total. The van der Waals surface area contributed by atoms with Gasteiger partial charge in [-0.05, 0) is 44.0 Å². The molecule has 88 valence electrons. The van der Waals surface area contributed by atoms with Gasteiger partial charge in [-0.25, -0.2) is 0 Å². The lowest BCUT2D eigenvalue weighted by molar-refractivity contribution is 0.325. The normalized spacial score (nSPS) is 9.94. The first kappa shape index (κ1) is 13.3. The molecule has 0 unspecified atom stereocenters. The third kappa shape index (κ3) is 3.68. The Morgan fingerprint density at radius 3 is 2.44 bits per heavy atom. The van der Waals surface area contributed by atoms with Gasteiger partial charge in [-0.1, -0.05) is 0 Å². The van der Waals surface area contributed by atoms with Crippen molar-refractivity contribution in [3.63, 3.8) is 0 Å². The average Bonchev–Trinajstić information content (AvgIpc) is 2.22. The number of nitrogens with one attached hydrogen (secondary N) is 1. The van der Waals surface area contributed by atoms with E-state index in [1.165, 1.54) is 0 Å². The van der Waals surface area contributed by atoms with Gasteiger partial charge in [-0.2, -0.15) is 0 Å². The van der Waals surface area contributed by atoms with Crippen molar-refractivity contribution >= 4 is 37.7 Å². The Morgan fingerprint density at radius 2 is 1.88 bits per heavy atom. The molecule has 0 aromatic heterocycles. The van der Waals surface area contributed by atoms with Crippen LogP contribution >= 0.6 is 31.9 Å². The first-order valence-electron chi connectivity index (χ1n) is 4.53. The van der Waals surface area contributed by atoms with Gasteiger partial charge in [0.05, 0.1) is 28.5 Å². The summed E-state index contributed by atoms with van der Waals surface area (Å²) in [4.78, 5) is 0. The van der Waals surface area contributed by atoms with Gasteiger partial charge < -0.3 is 15.2 Å². The maximum Gasteiger partial charge on any atom is 0.134 e. The van der Waals surface area contributed by atoms with Crippen LogP contribution in [0, 0.1) is 5.41 Å². The van der Waals surface area contributed by atoms with E-state index in [1.807, 2.05) is 12.1 Å². The molecule has 0 atom stereocenters. The zero-order valence-corrected chi connectivity index (χ0v) is 11.9. The van der Waals surface area contributed by atoms with Crippen LogP contribution < -0.4 is 15.2 Å². The fourth-order valence-electron chi connectivity index (χ4n) is 1.05. The van der Waals surface area contributed by atoms with Crippen LogP contribution in [0.1, 0.15) is 6.42 Å². The molecule has 0 heterocycles. The van der Waals surface area contributed by atoms with E-state index in [1.54, 1.807) is 7.11 Å². The maximum atomic E-state index is 7.08. The summed E-state index contributed by atoms with van der Waals surface area (Å²) in [5.74, 6) is 1.53. The van der Waals surface area contributed by atoms with E-state index in [4.69, 9.17) is 20.6 Å². The largest absolute Gasteiger partial charge is 0.496 e. The number of ether oxygens (including phenoxy) is 2. The van der Waals surface area contributed by atoms with Gasteiger partial charge in [0.1, 0.15) is 11.5 Å². The minimum Gasteiger partial charge on any atom is -0.496 e. The molecule has 3 N–H and O–H groups in total. The molecule has 0 saturated carbocycles. The number of amidine groups is 1. The van der Waals surface area contributed by atoms with Crippen LogP contribution in [0.5, 0.6) is 11.5 Å². The maximum absolute atomic E-state index is 7.08. The van der Waals surface area contributed by atoms with E-state index in [9.17, 15) is 0 Å². The molecule has 0 radical (unpaired) electrons. The monoisotopic (exact) mass is 350 g/mol. The summed E-state index contributed by atoms with van der Waals surface area (Å²) in [6.07, 6.45) is 0.413. The second-order valence-corrected chi connectivity index (χ2v) is 4.75. The molecule has 0 bridgehead atoms. The molecule has 1 aromatic rings. The molecule has 16 heavy (non-hydrogen) atoms. The highest BCUT2D eigenvalue weighted by atomic mass is 79.9. The quantitative estimate of drug-likeness (QED) is 0.633. The number of rotatable bonds is 5. The zero-order chi connectivity index (χ0) is 12.1. The van der Waals surface area contributed by atoms with Crippen molar-refractivity contribution in [3.05, 3.63) is 21.1 Å². The highest BCUT2D eigenvalue weighted by molar-refractivity contribution is 9.11. The van der Waals surface area contributed by atoms with Gasteiger partial charge in [0.15, 0.2) is 0 Å². The number of nitrogens with two attached hydrogens (primary N) is 1. The van der Waals surface area contributed by atoms with E-state index in [0.29, 0.717) is 18.8 Å². The van der Waals surface area contributed by atoms with E-state index in [2.05, 4.69) is 31.9 Å². The Balaban J connectivity index is 2.73. The fraction of sp³-hybridized carbons (Fsp3) is 0.300. The molecule has 0 saturated heterocycles. The van der Waals surface area contributed by atoms with Crippen LogP contribution in [-0.4, -0.2) is 19.6 Å². The van der Waals surface area contributed by atoms with Crippen LogP contribution in [0.3, 0.4) is 0 Å². The number of halogens is 2. The van der Waals surface area contributed by atoms with Crippen molar-refractivity contribution in [2.45, 2.75) is 6.42 Å².